The number of hydrogen-bond donors (Lipinski definition) is 2. The number of amides is 1. The maximum Gasteiger partial charge on any atom is 0.231 e. The van der Waals surface area contributed by atoms with E-state index in [9.17, 15) is 4.79 Å². The summed E-state index contributed by atoms with van der Waals surface area (Å²) in [6, 6.07) is 0.0220. The van der Waals surface area contributed by atoms with Crippen LogP contribution < -0.4 is 11.1 Å². The largest absolute Gasteiger partial charge is 0.369 e. The predicted octanol–water partition coefficient (Wildman–Crippen LogP) is 0.427. The molecule has 1 aromatic rings. The molecule has 14 heavy (non-hydrogen) atoms. The summed E-state index contributed by atoms with van der Waals surface area (Å²) in [6.45, 7) is 5.81. The van der Waals surface area contributed by atoms with E-state index in [-0.39, 0.29) is 18.5 Å². The Bertz CT molecular complexity index is 313. The van der Waals surface area contributed by atoms with Crippen molar-refractivity contribution < 1.29 is 9.32 Å². The molecule has 0 fully saturated rings. The summed E-state index contributed by atoms with van der Waals surface area (Å²) in [6.07, 6.45) is 0. The molecular weight excluding hydrogens is 182 g/mol. The summed E-state index contributed by atoms with van der Waals surface area (Å²) in [5, 5.41) is 6.82. The van der Waals surface area contributed by atoms with Crippen molar-refractivity contribution in [3.63, 3.8) is 0 Å². The van der Waals surface area contributed by atoms with Gasteiger partial charge < -0.3 is 15.6 Å². The van der Waals surface area contributed by atoms with E-state index >= 15 is 0 Å². The summed E-state index contributed by atoms with van der Waals surface area (Å²) in [5.74, 6) is 0.399. The van der Waals surface area contributed by atoms with Crippen LogP contribution in [0.5, 0.6) is 0 Å². The van der Waals surface area contributed by atoms with Crippen LogP contribution in [0.1, 0.15) is 30.0 Å². The third kappa shape index (κ3) is 2.32. The van der Waals surface area contributed by atoms with Crippen LogP contribution in [0, 0.1) is 13.8 Å². The Kier molecular flexibility index (Phi) is 3.24. The molecule has 0 saturated carbocycles. The van der Waals surface area contributed by atoms with Crippen molar-refractivity contribution in [3.05, 3.63) is 17.0 Å². The molecule has 78 valence electrons. The molecule has 5 nitrogen and oxygen atoms in total. The molecule has 1 amide bonds. The van der Waals surface area contributed by atoms with Gasteiger partial charge in [-0.2, -0.15) is 0 Å². The van der Waals surface area contributed by atoms with Gasteiger partial charge in [-0.25, -0.2) is 0 Å². The van der Waals surface area contributed by atoms with Crippen molar-refractivity contribution in [2.24, 2.45) is 5.73 Å². The molecule has 0 saturated heterocycles. The minimum atomic E-state index is -0.372. The number of carbonyl (C=O) groups is 1. The van der Waals surface area contributed by atoms with Crippen LogP contribution in [-0.4, -0.2) is 17.6 Å². The number of hydrogen-bond acceptors (Lipinski definition) is 4. The zero-order chi connectivity index (χ0) is 10.7. The topological polar surface area (TPSA) is 81.2 Å². The van der Waals surface area contributed by atoms with Crippen LogP contribution in [0.2, 0.25) is 0 Å². The lowest BCUT2D eigenvalue weighted by Crippen LogP contribution is -2.30. The summed E-state index contributed by atoms with van der Waals surface area (Å²) in [7, 11) is 0. The lowest BCUT2D eigenvalue weighted by Gasteiger charge is -2.11. The first-order chi connectivity index (χ1) is 6.52. The standard InChI is InChI=1S/C9H15N3O2/c1-5(11-4-8(10)13)9-6(2)12-14-7(9)3/h5,11H,4H2,1-3H3,(H2,10,13). The van der Waals surface area contributed by atoms with Gasteiger partial charge in [-0.15, -0.1) is 0 Å². The monoisotopic (exact) mass is 197 g/mol. The van der Waals surface area contributed by atoms with E-state index in [4.69, 9.17) is 10.3 Å². The predicted molar refractivity (Wildman–Crippen MR) is 51.6 cm³/mol. The quantitative estimate of drug-likeness (QED) is 0.733. The first kappa shape index (κ1) is 10.7. The highest BCUT2D eigenvalue weighted by atomic mass is 16.5. The summed E-state index contributed by atoms with van der Waals surface area (Å²) in [5.41, 5.74) is 6.86. The number of primary amides is 1. The van der Waals surface area contributed by atoms with Crippen LogP contribution in [0.3, 0.4) is 0 Å². The van der Waals surface area contributed by atoms with Crippen LogP contribution in [0.15, 0.2) is 4.52 Å². The lowest BCUT2D eigenvalue weighted by molar-refractivity contribution is -0.117. The molecule has 5 heteroatoms. The fourth-order valence-corrected chi connectivity index (χ4v) is 1.46. The van der Waals surface area contributed by atoms with Crippen LogP contribution in [0.25, 0.3) is 0 Å². The van der Waals surface area contributed by atoms with Gasteiger partial charge in [0.05, 0.1) is 12.2 Å². The molecule has 1 rings (SSSR count). The maximum atomic E-state index is 10.6. The second kappa shape index (κ2) is 4.23. The first-order valence-electron chi connectivity index (χ1n) is 4.46. The first-order valence-corrected chi connectivity index (χ1v) is 4.46. The molecule has 0 aliphatic carbocycles. The third-order valence-electron chi connectivity index (χ3n) is 2.10. The molecule has 1 atom stereocenters. The van der Waals surface area contributed by atoms with E-state index < -0.39 is 0 Å². The lowest BCUT2D eigenvalue weighted by atomic mass is 10.1. The van der Waals surface area contributed by atoms with E-state index in [1.54, 1.807) is 0 Å². The Morgan fingerprint density at radius 1 is 1.64 bits per heavy atom. The molecule has 3 N–H and O–H groups in total. The smallest absolute Gasteiger partial charge is 0.231 e. The van der Waals surface area contributed by atoms with Gasteiger partial charge in [-0.05, 0) is 20.8 Å². The summed E-state index contributed by atoms with van der Waals surface area (Å²) in [4.78, 5) is 10.6. The van der Waals surface area contributed by atoms with Crippen molar-refractivity contribution in [2.45, 2.75) is 26.8 Å². The van der Waals surface area contributed by atoms with Crippen molar-refractivity contribution >= 4 is 5.91 Å². The van der Waals surface area contributed by atoms with Crippen LogP contribution in [-0.2, 0) is 4.79 Å². The van der Waals surface area contributed by atoms with Crippen molar-refractivity contribution in [1.29, 1.82) is 0 Å². The molecule has 1 unspecified atom stereocenters. The second-order valence-electron chi connectivity index (χ2n) is 3.31. The SMILES string of the molecule is Cc1noc(C)c1C(C)NCC(N)=O. The van der Waals surface area contributed by atoms with Crippen LogP contribution in [0.4, 0.5) is 0 Å². The Balaban J connectivity index is 2.69. The maximum absolute atomic E-state index is 10.6. The summed E-state index contributed by atoms with van der Waals surface area (Å²) < 4.78 is 5.02. The number of nitrogens with one attached hydrogen (secondary N) is 1. The normalized spacial score (nSPS) is 12.8. The second-order valence-corrected chi connectivity index (χ2v) is 3.31. The van der Waals surface area contributed by atoms with Crippen molar-refractivity contribution in [2.75, 3.05) is 6.54 Å². The number of aryl methyl sites for hydroxylation is 2. The van der Waals surface area contributed by atoms with Gasteiger partial charge in [0.1, 0.15) is 5.76 Å². The molecule has 0 aliphatic heterocycles. The van der Waals surface area contributed by atoms with E-state index in [0.29, 0.717) is 0 Å². The number of nitrogens with zero attached hydrogens (tertiary/aromatic N) is 1. The van der Waals surface area contributed by atoms with E-state index in [1.807, 2.05) is 20.8 Å². The highest BCUT2D eigenvalue weighted by Gasteiger charge is 2.15. The number of carbonyl (C=O) groups excluding carboxylic acids is 1. The van der Waals surface area contributed by atoms with Gasteiger partial charge in [0.15, 0.2) is 0 Å². The van der Waals surface area contributed by atoms with E-state index in [1.165, 1.54) is 0 Å². The average molecular weight is 197 g/mol. The van der Waals surface area contributed by atoms with Crippen molar-refractivity contribution in [1.82, 2.24) is 10.5 Å². The summed E-state index contributed by atoms with van der Waals surface area (Å²) >= 11 is 0. The Morgan fingerprint density at radius 2 is 2.29 bits per heavy atom. The Morgan fingerprint density at radius 3 is 2.71 bits per heavy atom. The number of rotatable bonds is 4. The molecule has 1 heterocycles. The molecule has 1 aromatic heterocycles. The minimum Gasteiger partial charge on any atom is -0.369 e. The van der Waals surface area contributed by atoms with Crippen LogP contribution >= 0.6 is 0 Å². The zero-order valence-electron chi connectivity index (χ0n) is 8.63. The van der Waals surface area contributed by atoms with E-state index in [0.717, 1.165) is 17.0 Å². The molecule has 0 aliphatic rings. The molecule has 0 bridgehead atoms. The van der Waals surface area contributed by atoms with Gasteiger partial charge >= 0.3 is 0 Å². The van der Waals surface area contributed by atoms with E-state index in [2.05, 4.69) is 10.5 Å². The molecule has 0 aromatic carbocycles. The fourth-order valence-electron chi connectivity index (χ4n) is 1.46. The highest BCUT2D eigenvalue weighted by molar-refractivity contribution is 5.75. The number of aromatic nitrogens is 1. The van der Waals surface area contributed by atoms with Gasteiger partial charge in [-0.3, -0.25) is 4.79 Å². The highest BCUT2D eigenvalue weighted by Crippen LogP contribution is 2.20. The van der Waals surface area contributed by atoms with Gasteiger partial charge in [0.25, 0.3) is 0 Å². The Labute approximate surface area is 82.6 Å². The molecular formula is C9H15N3O2. The molecule has 0 spiro atoms. The Hall–Kier alpha value is -1.36. The van der Waals surface area contributed by atoms with Gasteiger partial charge in [0.2, 0.25) is 5.91 Å². The minimum absolute atomic E-state index is 0.0220. The number of nitrogens with two attached hydrogens (primary N) is 1. The fraction of sp³-hybridized carbons (Fsp3) is 0.556. The van der Waals surface area contributed by atoms with Gasteiger partial charge in [-0.1, -0.05) is 5.16 Å². The third-order valence-corrected chi connectivity index (χ3v) is 2.10. The molecule has 0 radical (unpaired) electrons. The zero-order valence-corrected chi connectivity index (χ0v) is 8.63. The average Bonchev–Trinajstić information content (AvgIpc) is 2.42. The van der Waals surface area contributed by atoms with Gasteiger partial charge in [0, 0.05) is 11.6 Å². The van der Waals surface area contributed by atoms with Crippen molar-refractivity contribution in [3.8, 4) is 0 Å².